The standard InChI is InChI=1S/C20H30N4O3/c1-3-12(2)17-20(27-11-14-7-8-14)24-16(10-22-17)19(26)23-15(18(21)25)9-13-5-4-6-13/h10,12-15H,3-9,11H2,1-2H3,(H2,21,25)(H,23,26). The second-order valence-electron chi connectivity index (χ2n) is 7.97. The summed E-state index contributed by atoms with van der Waals surface area (Å²) in [5.41, 5.74) is 6.41. The van der Waals surface area contributed by atoms with Gasteiger partial charge in [0.1, 0.15) is 17.4 Å². The zero-order chi connectivity index (χ0) is 19.4. The van der Waals surface area contributed by atoms with Crippen LogP contribution >= 0.6 is 0 Å². The summed E-state index contributed by atoms with van der Waals surface area (Å²) in [4.78, 5) is 33.2. The molecule has 0 bridgehead atoms. The fourth-order valence-electron chi connectivity index (χ4n) is 3.15. The highest BCUT2D eigenvalue weighted by Crippen LogP contribution is 2.32. The molecule has 0 spiro atoms. The van der Waals surface area contributed by atoms with Crippen LogP contribution in [0, 0.1) is 11.8 Å². The first-order chi connectivity index (χ1) is 13.0. The molecule has 1 aromatic rings. The maximum absolute atomic E-state index is 12.6. The molecule has 0 aromatic carbocycles. The molecule has 2 fully saturated rings. The molecule has 3 N–H and O–H groups in total. The molecule has 2 aliphatic rings. The molecule has 1 heterocycles. The van der Waals surface area contributed by atoms with Crippen molar-refractivity contribution in [1.29, 1.82) is 0 Å². The normalized spacial score (nSPS) is 19.0. The average Bonchev–Trinajstić information content (AvgIpc) is 3.44. The monoisotopic (exact) mass is 374 g/mol. The van der Waals surface area contributed by atoms with Crippen molar-refractivity contribution < 1.29 is 14.3 Å². The first-order valence-electron chi connectivity index (χ1n) is 10.1. The molecular weight excluding hydrogens is 344 g/mol. The minimum Gasteiger partial charge on any atom is -0.476 e. The van der Waals surface area contributed by atoms with Gasteiger partial charge < -0.3 is 15.8 Å². The van der Waals surface area contributed by atoms with Gasteiger partial charge in [-0.15, -0.1) is 0 Å². The first kappa shape index (κ1) is 19.6. The summed E-state index contributed by atoms with van der Waals surface area (Å²) in [7, 11) is 0. The van der Waals surface area contributed by atoms with Gasteiger partial charge in [0.05, 0.1) is 12.8 Å². The van der Waals surface area contributed by atoms with E-state index in [9.17, 15) is 9.59 Å². The average molecular weight is 374 g/mol. The van der Waals surface area contributed by atoms with E-state index in [2.05, 4.69) is 29.1 Å². The van der Waals surface area contributed by atoms with Gasteiger partial charge in [0.2, 0.25) is 11.8 Å². The molecule has 7 nitrogen and oxygen atoms in total. The van der Waals surface area contributed by atoms with Gasteiger partial charge in [0, 0.05) is 5.92 Å². The number of nitrogens with zero attached hydrogens (tertiary/aromatic N) is 2. The van der Waals surface area contributed by atoms with Gasteiger partial charge in [0.25, 0.3) is 5.91 Å². The maximum atomic E-state index is 12.6. The minimum absolute atomic E-state index is 0.160. The molecule has 0 saturated heterocycles. The molecule has 7 heteroatoms. The van der Waals surface area contributed by atoms with Crippen LogP contribution in [0.2, 0.25) is 0 Å². The Hall–Kier alpha value is -2.18. The zero-order valence-corrected chi connectivity index (χ0v) is 16.2. The minimum atomic E-state index is -0.672. The van der Waals surface area contributed by atoms with Crippen LogP contribution in [0.5, 0.6) is 5.88 Å². The summed E-state index contributed by atoms with van der Waals surface area (Å²) in [5, 5.41) is 2.73. The van der Waals surface area contributed by atoms with E-state index in [1.165, 1.54) is 25.5 Å². The molecule has 148 valence electrons. The van der Waals surface area contributed by atoms with Crippen LogP contribution in [0.3, 0.4) is 0 Å². The second-order valence-corrected chi connectivity index (χ2v) is 7.97. The van der Waals surface area contributed by atoms with Crippen LogP contribution in [0.4, 0.5) is 0 Å². The van der Waals surface area contributed by atoms with Crippen molar-refractivity contribution in [2.24, 2.45) is 17.6 Å². The molecule has 1 aromatic heterocycles. The van der Waals surface area contributed by atoms with Crippen LogP contribution in [0.1, 0.15) is 80.9 Å². The number of rotatable bonds is 10. The summed E-state index contributed by atoms with van der Waals surface area (Å²) in [6.45, 7) is 4.75. The molecule has 3 rings (SSSR count). The van der Waals surface area contributed by atoms with Crippen molar-refractivity contribution in [2.75, 3.05) is 6.61 Å². The summed E-state index contributed by atoms with van der Waals surface area (Å²) in [5.74, 6) is 0.719. The third-order valence-corrected chi connectivity index (χ3v) is 5.67. The Labute approximate surface area is 160 Å². The Morgan fingerprint density at radius 1 is 1.30 bits per heavy atom. The van der Waals surface area contributed by atoms with Crippen molar-refractivity contribution in [3.8, 4) is 5.88 Å². The highest BCUT2D eigenvalue weighted by molar-refractivity contribution is 5.95. The lowest BCUT2D eigenvalue weighted by Gasteiger charge is -2.28. The van der Waals surface area contributed by atoms with E-state index >= 15 is 0 Å². The van der Waals surface area contributed by atoms with Crippen molar-refractivity contribution in [2.45, 2.75) is 70.8 Å². The number of carbonyl (C=O) groups excluding carboxylic acids is 2. The smallest absolute Gasteiger partial charge is 0.272 e. The highest BCUT2D eigenvalue weighted by Gasteiger charge is 2.28. The molecule has 2 atom stereocenters. The summed E-state index contributed by atoms with van der Waals surface area (Å²) in [6.07, 6.45) is 8.65. The molecule has 0 aliphatic heterocycles. The first-order valence-corrected chi connectivity index (χ1v) is 10.1. The lowest BCUT2D eigenvalue weighted by atomic mass is 9.80. The summed E-state index contributed by atoms with van der Waals surface area (Å²) >= 11 is 0. The van der Waals surface area contributed by atoms with E-state index in [0.29, 0.717) is 30.7 Å². The van der Waals surface area contributed by atoms with Crippen molar-refractivity contribution in [3.63, 3.8) is 0 Å². The van der Waals surface area contributed by atoms with E-state index in [0.717, 1.165) is 25.0 Å². The maximum Gasteiger partial charge on any atom is 0.272 e. The number of amides is 2. The number of hydrogen-bond acceptors (Lipinski definition) is 5. The Balaban J connectivity index is 1.71. The van der Waals surface area contributed by atoms with Crippen LogP contribution in [0.15, 0.2) is 6.20 Å². The molecule has 0 radical (unpaired) electrons. The number of carbonyl (C=O) groups is 2. The van der Waals surface area contributed by atoms with Gasteiger partial charge in [-0.05, 0) is 37.5 Å². The van der Waals surface area contributed by atoms with Gasteiger partial charge in [-0.3, -0.25) is 14.6 Å². The van der Waals surface area contributed by atoms with Crippen LogP contribution < -0.4 is 15.8 Å². The van der Waals surface area contributed by atoms with Crippen LogP contribution in [-0.2, 0) is 4.79 Å². The molecule has 2 amide bonds. The number of primary amides is 1. The zero-order valence-electron chi connectivity index (χ0n) is 16.2. The van der Waals surface area contributed by atoms with E-state index in [-0.39, 0.29) is 11.6 Å². The molecule has 2 aliphatic carbocycles. The fourth-order valence-corrected chi connectivity index (χ4v) is 3.15. The number of ether oxygens (including phenoxy) is 1. The van der Waals surface area contributed by atoms with Crippen LogP contribution in [-0.4, -0.2) is 34.4 Å². The SMILES string of the molecule is CCC(C)c1ncc(C(=O)NC(CC2CCC2)C(N)=O)nc1OCC1CC1. The van der Waals surface area contributed by atoms with E-state index in [1.807, 2.05) is 0 Å². The molecule has 2 saturated carbocycles. The third kappa shape index (κ3) is 5.17. The van der Waals surface area contributed by atoms with Gasteiger partial charge >= 0.3 is 0 Å². The number of nitrogens with two attached hydrogens (primary N) is 1. The van der Waals surface area contributed by atoms with Gasteiger partial charge in [-0.25, -0.2) is 4.98 Å². The van der Waals surface area contributed by atoms with Crippen LogP contribution in [0.25, 0.3) is 0 Å². The number of aromatic nitrogens is 2. The lowest BCUT2D eigenvalue weighted by molar-refractivity contribution is -0.120. The quantitative estimate of drug-likeness (QED) is 0.654. The predicted octanol–water partition coefficient (Wildman–Crippen LogP) is 2.55. The summed E-state index contributed by atoms with van der Waals surface area (Å²) in [6, 6.07) is -0.672. The number of nitrogens with one attached hydrogen (secondary N) is 1. The van der Waals surface area contributed by atoms with Crippen molar-refractivity contribution in [3.05, 3.63) is 17.6 Å². The number of hydrogen-bond donors (Lipinski definition) is 2. The van der Waals surface area contributed by atoms with Crippen molar-refractivity contribution in [1.82, 2.24) is 15.3 Å². The van der Waals surface area contributed by atoms with E-state index < -0.39 is 17.9 Å². The van der Waals surface area contributed by atoms with Gasteiger partial charge in [0.15, 0.2) is 0 Å². The van der Waals surface area contributed by atoms with E-state index in [4.69, 9.17) is 10.5 Å². The molecule has 2 unspecified atom stereocenters. The second kappa shape index (κ2) is 8.67. The Morgan fingerprint density at radius 2 is 2.04 bits per heavy atom. The lowest BCUT2D eigenvalue weighted by Crippen LogP contribution is -2.46. The molecule has 27 heavy (non-hydrogen) atoms. The Morgan fingerprint density at radius 3 is 2.59 bits per heavy atom. The van der Waals surface area contributed by atoms with Gasteiger partial charge in [-0.2, -0.15) is 0 Å². The fraction of sp³-hybridized carbons (Fsp3) is 0.700. The van der Waals surface area contributed by atoms with Crippen molar-refractivity contribution >= 4 is 11.8 Å². The summed E-state index contributed by atoms with van der Waals surface area (Å²) < 4.78 is 5.87. The Bertz CT molecular complexity index is 686. The Kier molecular flexibility index (Phi) is 6.29. The molecular formula is C20H30N4O3. The largest absolute Gasteiger partial charge is 0.476 e. The topological polar surface area (TPSA) is 107 Å². The predicted molar refractivity (Wildman–Crippen MR) is 101 cm³/mol. The van der Waals surface area contributed by atoms with E-state index in [1.54, 1.807) is 0 Å². The third-order valence-electron chi connectivity index (χ3n) is 5.67. The van der Waals surface area contributed by atoms with Gasteiger partial charge in [-0.1, -0.05) is 33.1 Å². The highest BCUT2D eigenvalue weighted by atomic mass is 16.5.